The van der Waals surface area contributed by atoms with Crippen LogP contribution >= 0.6 is 0 Å². The number of piperidine rings is 2. The zero-order chi connectivity index (χ0) is 24.9. The summed E-state index contributed by atoms with van der Waals surface area (Å²) in [7, 11) is 0. The Hall–Kier alpha value is -2.75. The Morgan fingerprint density at radius 2 is 1.78 bits per heavy atom. The molecule has 4 aliphatic rings. The van der Waals surface area contributed by atoms with E-state index in [1.54, 1.807) is 12.3 Å². The number of carbonyl (C=O) groups excluding carboxylic acids is 1. The number of hydrogen-bond acceptors (Lipinski definition) is 6. The first-order valence-electron chi connectivity index (χ1n) is 13.4. The van der Waals surface area contributed by atoms with Gasteiger partial charge in [-0.1, -0.05) is 12.1 Å². The maximum absolute atomic E-state index is 12.7. The van der Waals surface area contributed by atoms with Crippen LogP contribution in [0.15, 0.2) is 41.3 Å². The maximum atomic E-state index is 12.7. The van der Waals surface area contributed by atoms with Crippen molar-refractivity contribution in [1.29, 1.82) is 0 Å². The molecule has 3 heterocycles. The Labute approximate surface area is 211 Å². The Morgan fingerprint density at radius 3 is 2.39 bits per heavy atom. The molecule has 4 fully saturated rings. The van der Waals surface area contributed by atoms with Crippen molar-refractivity contribution in [3.63, 3.8) is 0 Å². The first kappa shape index (κ1) is 23.6. The van der Waals surface area contributed by atoms with E-state index in [1.807, 2.05) is 17.0 Å². The molecular formula is C27H37N7O2. The van der Waals surface area contributed by atoms with Gasteiger partial charge in [-0.3, -0.25) is 9.88 Å². The summed E-state index contributed by atoms with van der Waals surface area (Å²) in [5, 5.41) is 2.79. The highest BCUT2D eigenvalue weighted by Gasteiger charge is 2.54. The van der Waals surface area contributed by atoms with Gasteiger partial charge in [0.05, 0.1) is 5.69 Å². The molecule has 2 aliphatic heterocycles. The average Bonchev–Trinajstić information content (AvgIpc) is 3.34. The van der Waals surface area contributed by atoms with Crippen molar-refractivity contribution in [1.82, 2.24) is 19.4 Å². The van der Waals surface area contributed by atoms with Crippen LogP contribution in [0.3, 0.4) is 0 Å². The number of anilines is 1. The third-order valence-electron chi connectivity index (χ3n) is 9.19. The molecule has 2 aromatic rings. The van der Waals surface area contributed by atoms with Crippen LogP contribution < -0.4 is 22.5 Å². The van der Waals surface area contributed by atoms with Gasteiger partial charge >= 0.3 is 11.7 Å². The summed E-state index contributed by atoms with van der Waals surface area (Å²) in [6.07, 6.45) is 6.79. The molecular weight excluding hydrogens is 454 g/mol. The van der Waals surface area contributed by atoms with Gasteiger partial charge in [0.25, 0.3) is 0 Å². The molecule has 2 unspecified atom stereocenters. The molecule has 5 N–H and O–H groups in total. The van der Waals surface area contributed by atoms with Crippen LogP contribution in [0.25, 0.3) is 5.69 Å². The zero-order valence-corrected chi connectivity index (χ0v) is 20.8. The monoisotopic (exact) mass is 491 g/mol. The number of fused-ring (bicyclic) bond motifs is 1. The number of benzene rings is 1. The van der Waals surface area contributed by atoms with Crippen molar-refractivity contribution in [2.24, 2.45) is 34.6 Å². The molecule has 36 heavy (non-hydrogen) atoms. The van der Waals surface area contributed by atoms with Gasteiger partial charge in [-0.2, -0.15) is 4.98 Å². The van der Waals surface area contributed by atoms with E-state index in [-0.39, 0.29) is 11.8 Å². The van der Waals surface area contributed by atoms with E-state index in [2.05, 4.69) is 27.3 Å². The Kier molecular flexibility index (Phi) is 6.09. The number of nitrogens with one attached hydrogen (secondary N) is 1. The third-order valence-corrected chi connectivity index (χ3v) is 9.19. The van der Waals surface area contributed by atoms with Gasteiger partial charge in [0.1, 0.15) is 5.82 Å². The molecule has 192 valence electrons. The summed E-state index contributed by atoms with van der Waals surface area (Å²) in [4.78, 5) is 33.8. The van der Waals surface area contributed by atoms with Crippen LogP contribution in [0.4, 0.5) is 10.6 Å². The normalized spacial score (nSPS) is 27.1. The minimum Gasteiger partial charge on any atom is -0.330 e. The molecule has 1 aromatic carbocycles. The Morgan fingerprint density at radius 1 is 1.08 bits per heavy atom. The summed E-state index contributed by atoms with van der Waals surface area (Å²) < 4.78 is 1.50. The van der Waals surface area contributed by atoms with E-state index in [1.165, 1.54) is 23.2 Å². The quantitative estimate of drug-likeness (QED) is 0.565. The Bertz CT molecular complexity index is 1150. The fourth-order valence-corrected chi connectivity index (χ4v) is 6.88. The molecule has 0 bridgehead atoms. The minimum absolute atomic E-state index is 0.198. The molecule has 2 saturated carbocycles. The second-order valence-corrected chi connectivity index (χ2v) is 11.5. The van der Waals surface area contributed by atoms with Crippen molar-refractivity contribution in [2.45, 2.75) is 38.1 Å². The summed E-state index contributed by atoms with van der Waals surface area (Å²) in [5.41, 5.74) is 13.7. The lowest BCUT2D eigenvalue weighted by molar-refractivity contribution is 0.0317. The number of carbonyl (C=O) groups is 1. The van der Waals surface area contributed by atoms with E-state index in [0.717, 1.165) is 81.7 Å². The molecule has 9 heteroatoms. The number of urea groups is 1. The van der Waals surface area contributed by atoms with Crippen LogP contribution in [-0.2, 0) is 6.42 Å². The molecule has 0 radical (unpaired) electrons. The van der Waals surface area contributed by atoms with Crippen LogP contribution in [0.5, 0.6) is 0 Å². The molecule has 2 amide bonds. The molecule has 9 nitrogen and oxygen atoms in total. The van der Waals surface area contributed by atoms with Crippen molar-refractivity contribution in [3.05, 3.63) is 52.6 Å². The molecule has 3 atom stereocenters. The van der Waals surface area contributed by atoms with E-state index in [4.69, 9.17) is 11.5 Å². The van der Waals surface area contributed by atoms with E-state index in [0.29, 0.717) is 11.5 Å². The lowest BCUT2D eigenvalue weighted by Crippen LogP contribution is -2.53. The zero-order valence-electron chi connectivity index (χ0n) is 20.8. The van der Waals surface area contributed by atoms with Gasteiger partial charge in [-0.15, -0.1) is 0 Å². The SMILES string of the molecule is NCC1C2CN(CCc3ccc(-n4ccc(NC(=O)N5CCC6(CC5)CC(N)C6)nc4=O)cc3)C[C@H]12. The highest BCUT2D eigenvalue weighted by atomic mass is 16.2. The van der Waals surface area contributed by atoms with Crippen LogP contribution in [0, 0.1) is 23.2 Å². The van der Waals surface area contributed by atoms with E-state index >= 15 is 0 Å². The van der Waals surface area contributed by atoms with E-state index < -0.39 is 5.69 Å². The second-order valence-electron chi connectivity index (χ2n) is 11.5. The van der Waals surface area contributed by atoms with Gasteiger partial charge in [0.15, 0.2) is 0 Å². The van der Waals surface area contributed by atoms with Crippen molar-refractivity contribution < 1.29 is 4.79 Å². The number of likely N-dealkylation sites (tertiary alicyclic amines) is 2. The minimum atomic E-state index is -0.410. The molecule has 6 rings (SSSR count). The van der Waals surface area contributed by atoms with Crippen LogP contribution in [0.2, 0.25) is 0 Å². The standard InChI is InChI=1S/C27H37N7O2/c28-15-21-22-16-32(17-23(21)22)9-5-18-1-3-20(4-2-18)34-10-6-24(31-26(34)36)30-25(35)33-11-7-27(8-12-33)13-19(29)14-27/h1-4,6,10,19,21-23H,5,7-9,11-17,28-29H2,(H,30,31,35,36)/t21?,22-,23?/m1/s1. The molecule has 2 aliphatic carbocycles. The van der Waals surface area contributed by atoms with Crippen LogP contribution in [-0.4, -0.2) is 70.7 Å². The van der Waals surface area contributed by atoms with E-state index in [9.17, 15) is 9.59 Å². The highest BCUT2D eigenvalue weighted by Crippen LogP contribution is 2.51. The second kappa shape index (κ2) is 9.28. The lowest BCUT2D eigenvalue weighted by Gasteiger charge is -2.51. The summed E-state index contributed by atoms with van der Waals surface area (Å²) in [6.45, 7) is 5.69. The van der Waals surface area contributed by atoms with Gasteiger partial charge in [0.2, 0.25) is 0 Å². The smallest absolute Gasteiger partial charge is 0.330 e. The summed E-state index contributed by atoms with van der Waals surface area (Å²) in [5.74, 6) is 2.69. The highest BCUT2D eigenvalue weighted by molar-refractivity contribution is 5.88. The molecule has 1 aromatic heterocycles. The number of aromatic nitrogens is 2. The fraction of sp³-hybridized carbons (Fsp3) is 0.593. The summed E-state index contributed by atoms with van der Waals surface area (Å²) in [6, 6.07) is 9.87. The third kappa shape index (κ3) is 4.55. The first-order valence-corrected chi connectivity index (χ1v) is 13.4. The largest absolute Gasteiger partial charge is 0.354 e. The summed E-state index contributed by atoms with van der Waals surface area (Å²) >= 11 is 0. The predicted molar refractivity (Wildman–Crippen MR) is 139 cm³/mol. The Balaban J connectivity index is 1.01. The average molecular weight is 492 g/mol. The fourth-order valence-electron chi connectivity index (χ4n) is 6.88. The number of nitrogens with two attached hydrogens (primary N) is 2. The number of hydrogen-bond donors (Lipinski definition) is 3. The maximum Gasteiger partial charge on any atom is 0.354 e. The van der Waals surface area contributed by atoms with Gasteiger partial charge in [0, 0.05) is 45.0 Å². The number of amides is 2. The van der Waals surface area contributed by atoms with Crippen LogP contribution in [0.1, 0.15) is 31.2 Å². The number of rotatable bonds is 6. The number of nitrogens with zero attached hydrogens (tertiary/aromatic N) is 4. The first-order chi connectivity index (χ1) is 17.4. The molecule has 1 spiro atoms. The van der Waals surface area contributed by atoms with Gasteiger partial charge in [-0.25, -0.2) is 9.59 Å². The lowest BCUT2D eigenvalue weighted by atomic mass is 9.61. The topological polar surface area (TPSA) is 123 Å². The molecule has 2 saturated heterocycles. The van der Waals surface area contributed by atoms with Gasteiger partial charge < -0.3 is 21.3 Å². The van der Waals surface area contributed by atoms with Crippen molar-refractivity contribution >= 4 is 11.8 Å². The van der Waals surface area contributed by atoms with Crippen molar-refractivity contribution in [2.75, 3.05) is 44.6 Å². The van der Waals surface area contributed by atoms with Gasteiger partial charge in [-0.05, 0) is 85.6 Å². The van der Waals surface area contributed by atoms with Crippen molar-refractivity contribution in [3.8, 4) is 5.69 Å². The predicted octanol–water partition coefficient (Wildman–Crippen LogP) is 1.65.